The van der Waals surface area contributed by atoms with Gasteiger partial charge in [0.25, 0.3) is 0 Å². The maximum Gasteiger partial charge on any atom is 0.347 e. The number of halogens is 1. The molecule has 0 aliphatic heterocycles. The second-order valence-corrected chi connectivity index (χ2v) is 7.29. The molecule has 170 valence electrons. The average Bonchev–Trinajstić information content (AvgIpc) is 2.76. The van der Waals surface area contributed by atoms with Crippen molar-refractivity contribution in [3.8, 4) is 5.75 Å². The Morgan fingerprint density at radius 2 is 1.78 bits per heavy atom. The minimum Gasteiger partial charge on any atom is -0.479 e. The number of esters is 1. The van der Waals surface area contributed by atoms with Crippen molar-refractivity contribution in [1.29, 1.82) is 0 Å². The molecular formula is C23H26ClN3O5. The highest BCUT2D eigenvalue weighted by Gasteiger charge is 2.15. The molecule has 2 amide bonds. The predicted molar refractivity (Wildman–Crippen MR) is 123 cm³/mol. The van der Waals surface area contributed by atoms with Crippen molar-refractivity contribution in [1.82, 2.24) is 5.43 Å². The highest BCUT2D eigenvalue weighted by molar-refractivity contribution is 6.31. The molecule has 9 heteroatoms. The fourth-order valence-corrected chi connectivity index (χ4v) is 2.68. The minimum absolute atomic E-state index is 0.0114. The van der Waals surface area contributed by atoms with Crippen LogP contribution in [0, 0.1) is 6.92 Å². The molecule has 0 aliphatic rings. The molecule has 0 heterocycles. The molecule has 0 bridgehead atoms. The van der Waals surface area contributed by atoms with Crippen LogP contribution in [0.5, 0.6) is 5.75 Å². The number of carbonyl (C=O) groups is 3. The molecule has 8 nitrogen and oxygen atoms in total. The van der Waals surface area contributed by atoms with E-state index in [1.54, 1.807) is 56.3 Å². The number of carbonyl (C=O) groups excluding carboxylic acids is 3. The molecule has 32 heavy (non-hydrogen) atoms. The Balaban J connectivity index is 1.74. The fraction of sp³-hybridized carbons (Fsp3) is 0.304. The van der Waals surface area contributed by atoms with Crippen molar-refractivity contribution < 1.29 is 23.9 Å². The van der Waals surface area contributed by atoms with Gasteiger partial charge in [0.15, 0.2) is 6.10 Å². The number of hydrogen-bond acceptors (Lipinski definition) is 6. The molecule has 1 unspecified atom stereocenters. The molecule has 2 aromatic rings. The zero-order valence-electron chi connectivity index (χ0n) is 18.2. The monoisotopic (exact) mass is 459 g/mol. The number of amides is 2. The van der Waals surface area contributed by atoms with E-state index >= 15 is 0 Å². The first-order valence-electron chi connectivity index (χ1n) is 10.1. The number of nitrogens with zero attached hydrogens (tertiary/aromatic N) is 1. The van der Waals surface area contributed by atoms with Gasteiger partial charge in [-0.25, -0.2) is 10.2 Å². The summed E-state index contributed by atoms with van der Waals surface area (Å²) in [5.74, 6) is -0.608. The Labute approximate surface area is 191 Å². The molecule has 1 atom stereocenters. The zero-order chi connectivity index (χ0) is 23.5. The predicted octanol–water partition coefficient (Wildman–Crippen LogP) is 3.85. The van der Waals surface area contributed by atoms with E-state index in [-0.39, 0.29) is 24.7 Å². The Kier molecular flexibility index (Phi) is 9.69. The van der Waals surface area contributed by atoms with E-state index in [4.69, 9.17) is 21.1 Å². The summed E-state index contributed by atoms with van der Waals surface area (Å²) < 4.78 is 10.4. The van der Waals surface area contributed by atoms with Gasteiger partial charge in [0.05, 0.1) is 12.8 Å². The third kappa shape index (κ3) is 8.39. The minimum atomic E-state index is -0.714. The quantitative estimate of drug-likeness (QED) is 0.319. The molecule has 2 aromatic carbocycles. The first kappa shape index (κ1) is 24.9. The van der Waals surface area contributed by atoms with Crippen LogP contribution in [0.3, 0.4) is 0 Å². The van der Waals surface area contributed by atoms with Crippen molar-refractivity contribution in [2.75, 3.05) is 11.9 Å². The number of benzene rings is 2. The number of nitrogens with one attached hydrogen (secondary N) is 2. The van der Waals surface area contributed by atoms with Crippen molar-refractivity contribution in [3.63, 3.8) is 0 Å². The third-order valence-electron chi connectivity index (χ3n) is 4.25. The standard InChI is InChI=1S/C23H26ClN3O5/c1-4-31-23(30)16(3)32-19-9-6-17(7-10-19)14-25-27-22(29)12-11-21(28)26-18-8-5-15(2)20(24)13-18/h5-10,13-14,16H,4,11-12H2,1-3H3,(H,26,28)(H,27,29). The van der Waals surface area contributed by atoms with Crippen LogP contribution in [-0.2, 0) is 19.1 Å². The molecule has 2 N–H and O–H groups in total. The molecule has 0 aromatic heterocycles. The average molecular weight is 460 g/mol. The van der Waals surface area contributed by atoms with E-state index in [9.17, 15) is 14.4 Å². The van der Waals surface area contributed by atoms with E-state index in [1.165, 1.54) is 6.21 Å². The second kappa shape index (κ2) is 12.5. The van der Waals surface area contributed by atoms with Crippen LogP contribution in [0.2, 0.25) is 5.02 Å². The van der Waals surface area contributed by atoms with Crippen LogP contribution in [0.15, 0.2) is 47.6 Å². The lowest BCUT2D eigenvalue weighted by atomic mass is 10.2. The number of hydrazone groups is 1. The summed E-state index contributed by atoms with van der Waals surface area (Å²) in [5.41, 5.74) is 4.59. The maximum atomic E-state index is 12.0. The normalized spacial score (nSPS) is 11.6. The van der Waals surface area contributed by atoms with Crippen LogP contribution >= 0.6 is 11.6 Å². The highest BCUT2D eigenvalue weighted by Crippen LogP contribution is 2.20. The van der Waals surface area contributed by atoms with Crippen LogP contribution < -0.4 is 15.5 Å². The van der Waals surface area contributed by atoms with Gasteiger partial charge < -0.3 is 14.8 Å². The topological polar surface area (TPSA) is 106 Å². The van der Waals surface area contributed by atoms with Gasteiger partial charge in [-0.2, -0.15) is 5.10 Å². The van der Waals surface area contributed by atoms with Crippen LogP contribution in [0.1, 0.15) is 37.8 Å². The van der Waals surface area contributed by atoms with Crippen molar-refractivity contribution >= 4 is 41.3 Å². The summed E-state index contributed by atoms with van der Waals surface area (Å²) in [7, 11) is 0. The summed E-state index contributed by atoms with van der Waals surface area (Å²) in [6.45, 7) is 5.50. The van der Waals surface area contributed by atoms with E-state index in [0.29, 0.717) is 23.1 Å². The van der Waals surface area contributed by atoms with Crippen molar-refractivity contribution in [2.45, 2.75) is 39.7 Å². The fourth-order valence-electron chi connectivity index (χ4n) is 2.50. The van der Waals surface area contributed by atoms with Gasteiger partial charge in [-0.1, -0.05) is 17.7 Å². The van der Waals surface area contributed by atoms with Gasteiger partial charge in [-0.3, -0.25) is 9.59 Å². The molecule has 0 aliphatic carbocycles. The number of ether oxygens (including phenoxy) is 2. The lowest BCUT2D eigenvalue weighted by Gasteiger charge is -2.13. The van der Waals surface area contributed by atoms with Gasteiger partial charge in [-0.05, 0) is 68.3 Å². The SMILES string of the molecule is CCOC(=O)C(C)Oc1ccc(C=NNC(=O)CCC(=O)Nc2ccc(C)c(Cl)c2)cc1. The van der Waals surface area contributed by atoms with Crippen LogP contribution in [0.25, 0.3) is 0 Å². The summed E-state index contributed by atoms with van der Waals surface area (Å²) in [5, 5.41) is 7.13. The lowest BCUT2D eigenvalue weighted by Crippen LogP contribution is -2.26. The molecular weight excluding hydrogens is 434 g/mol. The van der Waals surface area contributed by atoms with Gasteiger partial charge in [0.2, 0.25) is 11.8 Å². The van der Waals surface area contributed by atoms with Crippen LogP contribution in [-0.4, -0.2) is 36.7 Å². The first-order chi connectivity index (χ1) is 15.3. The smallest absolute Gasteiger partial charge is 0.347 e. The molecule has 0 fully saturated rings. The van der Waals surface area contributed by atoms with Crippen LogP contribution in [0.4, 0.5) is 5.69 Å². The summed E-state index contributed by atoms with van der Waals surface area (Å²) in [4.78, 5) is 35.5. The van der Waals surface area contributed by atoms with Gasteiger partial charge in [-0.15, -0.1) is 0 Å². The Hall–Kier alpha value is -3.39. The van der Waals surface area contributed by atoms with E-state index in [0.717, 1.165) is 11.1 Å². The van der Waals surface area contributed by atoms with Gasteiger partial charge >= 0.3 is 5.97 Å². The Bertz CT molecular complexity index is 976. The highest BCUT2D eigenvalue weighted by atomic mass is 35.5. The van der Waals surface area contributed by atoms with E-state index in [2.05, 4.69) is 15.8 Å². The third-order valence-corrected chi connectivity index (χ3v) is 4.66. The Morgan fingerprint density at radius 1 is 1.09 bits per heavy atom. The molecule has 0 saturated carbocycles. The van der Waals surface area contributed by atoms with E-state index in [1.807, 2.05) is 6.92 Å². The number of aryl methyl sites for hydroxylation is 1. The molecule has 0 spiro atoms. The Morgan fingerprint density at radius 3 is 2.44 bits per heavy atom. The summed E-state index contributed by atoms with van der Waals surface area (Å²) >= 11 is 6.03. The van der Waals surface area contributed by atoms with Crippen molar-refractivity contribution in [2.24, 2.45) is 5.10 Å². The van der Waals surface area contributed by atoms with Gasteiger partial charge in [0, 0.05) is 23.6 Å². The first-order valence-corrected chi connectivity index (χ1v) is 10.5. The molecule has 2 rings (SSSR count). The molecule has 0 radical (unpaired) electrons. The summed E-state index contributed by atoms with van der Waals surface area (Å²) in [6, 6.07) is 12.0. The number of rotatable bonds is 10. The van der Waals surface area contributed by atoms with E-state index < -0.39 is 12.1 Å². The number of hydrogen-bond donors (Lipinski definition) is 2. The second-order valence-electron chi connectivity index (χ2n) is 6.89. The summed E-state index contributed by atoms with van der Waals surface area (Å²) in [6.07, 6.45) is 0.748. The van der Waals surface area contributed by atoms with Crippen molar-refractivity contribution in [3.05, 3.63) is 58.6 Å². The maximum absolute atomic E-state index is 12.0. The molecule has 0 saturated heterocycles. The lowest BCUT2D eigenvalue weighted by molar-refractivity contribution is -0.150. The largest absolute Gasteiger partial charge is 0.479 e. The number of anilines is 1. The zero-order valence-corrected chi connectivity index (χ0v) is 18.9. The van der Waals surface area contributed by atoms with Gasteiger partial charge in [0.1, 0.15) is 5.75 Å².